The molecule has 1 N–H and O–H groups in total. The second kappa shape index (κ2) is 12.4. The van der Waals surface area contributed by atoms with Crippen LogP contribution in [0.2, 0.25) is 0 Å². The van der Waals surface area contributed by atoms with Crippen molar-refractivity contribution in [3.8, 4) is 0 Å². The van der Waals surface area contributed by atoms with Gasteiger partial charge < -0.3 is 15.0 Å². The van der Waals surface area contributed by atoms with Gasteiger partial charge >= 0.3 is 35.5 Å². The fourth-order valence-electron chi connectivity index (χ4n) is 0. The van der Waals surface area contributed by atoms with Crippen molar-refractivity contribution in [1.82, 2.24) is 0 Å². The van der Waals surface area contributed by atoms with Gasteiger partial charge in [-0.05, 0) is 6.08 Å². The first-order valence-corrected chi connectivity index (χ1v) is 2.59. The summed E-state index contributed by atoms with van der Waals surface area (Å²) >= 11 is 0. The zero-order valence-electron chi connectivity index (χ0n) is 6.66. The average Bonchev–Trinajstić information content (AvgIpc) is 1.89. The maximum absolute atomic E-state index is 9.37. The molecule has 0 aromatic heterocycles. The Balaban J connectivity index is -0.000000107. The van der Waals surface area contributed by atoms with Crippen LogP contribution in [0.1, 0.15) is 13.3 Å². The van der Waals surface area contributed by atoms with E-state index in [-0.39, 0.29) is 36.0 Å². The summed E-state index contributed by atoms with van der Waals surface area (Å²) in [5, 5.41) is 16.9. The molecule has 0 aromatic carbocycles. The summed E-state index contributed by atoms with van der Waals surface area (Å²) < 4.78 is 0. The van der Waals surface area contributed by atoms with Crippen molar-refractivity contribution in [1.29, 1.82) is 0 Å². The molecule has 5 heteroatoms. The number of carboxylic acids is 2. The van der Waals surface area contributed by atoms with Crippen LogP contribution in [0.15, 0.2) is 12.7 Å². The van der Waals surface area contributed by atoms with E-state index in [2.05, 4.69) is 6.58 Å². The van der Waals surface area contributed by atoms with E-state index in [1.165, 1.54) is 0 Å². The molecule has 11 heavy (non-hydrogen) atoms. The van der Waals surface area contributed by atoms with Gasteiger partial charge in [0.25, 0.3) is 0 Å². The van der Waals surface area contributed by atoms with Gasteiger partial charge in [-0.15, -0.1) is 0 Å². The molecule has 0 saturated carbocycles. The Morgan fingerprint density at radius 2 is 1.82 bits per heavy atom. The van der Waals surface area contributed by atoms with Crippen LogP contribution in [0, 0.1) is 0 Å². The number of hydrogen-bond donors (Lipinski definition) is 1. The third-order valence-corrected chi connectivity index (χ3v) is 0.469. The zero-order valence-corrected chi connectivity index (χ0v) is 8.66. The summed E-state index contributed by atoms with van der Waals surface area (Å²) in [5.41, 5.74) is 0. The summed E-state index contributed by atoms with van der Waals surface area (Å²) in [5.74, 6) is -1.98. The van der Waals surface area contributed by atoms with Crippen molar-refractivity contribution in [2.24, 2.45) is 0 Å². The Hall–Kier alpha value is -0.320. The van der Waals surface area contributed by atoms with Crippen LogP contribution in [0.5, 0.6) is 0 Å². The van der Waals surface area contributed by atoms with E-state index in [9.17, 15) is 4.79 Å². The van der Waals surface area contributed by atoms with E-state index in [1.807, 2.05) is 0 Å². The molecule has 0 unspecified atom stereocenters. The molecule has 0 atom stereocenters. The van der Waals surface area contributed by atoms with Crippen molar-refractivity contribution in [2.45, 2.75) is 13.3 Å². The second-order valence-electron chi connectivity index (χ2n) is 1.27. The van der Waals surface area contributed by atoms with Gasteiger partial charge in [-0.25, -0.2) is 0 Å². The molecule has 0 bridgehead atoms. The van der Waals surface area contributed by atoms with Crippen LogP contribution < -0.4 is 34.7 Å². The summed E-state index contributed by atoms with van der Waals surface area (Å²) in [4.78, 5) is 18.5. The first kappa shape index (κ1) is 17.0. The molecule has 4 nitrogen and oxygen atoms in total. The van der Waals surface area contributed by atoms with Gasteiger partial charge in [0.1, 0.15) is 0 Å². The molecular weight excluding hydrogens is 159 g/mol. The van der Waals surface area contributed by atoms with Crippen molar-refractivity contribution >= 4 is 11.9 Å². The van der Waals surface area contributed by atoms with Crippen LogP contribution in [-0.4, -0.2) is 17.0 Å². The number of rotatable bonds is 2. The third kappa shape index (κ3) is 42.2. The Labute approximate surface area is 87.2 Å². The van der Waals surface area contributed by atoms with Crippen molar-refractivity contribution < 1.29 is 49.4 Å². The molecule has 0 rings (SSSR count). The first-order chi connectivity index (χ1) is 4.54. The van der Waals surface area contributed by atoms with Crippen LogP contribution in [0.25, 0.3) is 0 Å². The monoisotopic (exact) mass is 168 g/mol. The van der Waals surface area contributed by atoms with E-state index in [4.69, 9.17) is 15.0 Å². The van der Waals surface area contributed by atoms with E-state index < -0.39 is 11.9 Å². The Bertz CT molecular complexity index is 133. The zero-order chi connectivity index (χ0) is 8.57. The third-order valence-electron chi connectivity index (χ3n) is 0.469. The summed E-state index contributed by atoms with van der Waals surface area (Å²) in [7, 11) is 0. The molecule has 0 aliphatic rings. The standard InChI is InChI=1S/C3H6O2.C3H4O2.Na/c2*1-2-3(4)5;/h2H2,1H3,(H,4,5);2H,1H2,(H,4,5);/q;;+1/p-1. The number of carboxylic acid groups (broad SMARTS) is 2. The molecule has 0 heterocycles. The fourth-order valence-corrected chi connectivity index (χ4v) is 0. The SMILES string of the molecule is C=CC(=O)[O-].CCC(=O)O.[Na+]. The number of carbonyl (C=O) groups is 2. The largest absolute Gasteiger partial charge is 1.00 e. The maximum Gasteiger partial charge on any atom is 1.00 e. The first-order valence-electron chi connectivity index (χ1n) is 2.59. The summed E-state index contributed by atoms with van der Waals surface area (Å²) in [6.07, 6.45) is 0.944. The Kier molecular flexibility index (Phi) is 19.1. The maximum atomic E-state index is 9.37. The molecule has 0 radical (unpaired) electrons. The topological polar surface area (TPSA) is 77.4 Å². The quantitative estimate of drug-likeness (QED) is 0.341. The minimum absolute atomic E-state index is 0. The fraction of sp³-hybridized carbons (Fsp3) is 0.333. The molecule has 0 spiro atoms. The predicted molar refractivity (Wildman–Crippen MR) is 33.1 cm³/mol. The molecule has 58 valence electrons. The number of hydrogen-bond acceptors (Lipinski definition) is 3. The van der Waals surface area contributed by atoms with Gasteiger partial charge in [0.2, 0.25) is 0 Å². The van der Waals surface area contributed by atoms with Crippen molar-refractivity contribution in [2.75, 3.05) is 0 Å². The van der Waals surface area contributed by atoms with Gasteiger partial charge in [0, 0.05) is 6.42 Å². The van der Waals surface area contributed by atoms with Gasteiger partial charge in [-0.1, -0.05) is 13.5 Å². The van der Waals surface area contributed by atoms with Crippen LogP contribution in [-0.2, 0) is 9.59 Å². The average molecular weight is 168 g/mol. The van der Waals surface area contributed by atoms with E-state index in [1.54, 1.807) is 6.92 Å². The smallest absolute Gasteiger partial charge is 0.545 e. The van der Waals surface area contributed by atoms with Crippen LogP contribution in [0.3, 0.4) is 0 Å². The van der Waals surface area contributed by atoms with Gasteiger partial charge in [0.05, 0.1) is 5.97 Å². The van der Waals surface area contributed by atoms with Crippen LogP contribution >= 0.6 is 0 Å². The predicted octanol–water partition coefficient (Wildman–Crippen LogP) is -3.59. The summed E-state index contributed by atoms with van der Waals surface area (Å²) in [6, 6.07) is 0. The molecule has 0 saturated heterocycles. The molecule has 0 aliphatic heterocycles. The van der Waals surface area contributed by atoms with Crippen molar-refractivity contribution in [3.63, 3.8) is 0 Å². The molecule has 0 aliphatic carbocycles. The van der Waals surface area contributed by atoms with E-state index >= 15 is 0 Å². The van der Waals surface area contributed by atoms with E-state index in [0.29, 0.717) is 0 Å². The molecule has 0 fully saturated rings. The number of aliphatic carboxylic acids is 2. The summed E-state index contributed by atoms with van der Waals surface area (Å²) in [6.45, 7) is 4.50. The number of carbonyl (C=O) groups excluding carboxylic acids is 1. The van der Waals surface area contributed by atoms with Crippen LogP contribution in [0.4, 0.5) is 0 Å². The Morgan fingerprint density at radius 3 is 1.82 bits per heavy atom. The molecule has 0 amide bonds. The second-order valence-corrected chi connectivity index (χ2v) is 1.27. The Morgan fingerprint density at radius 1 is 1.64 bits per heavy atom. The van der Waals surface area contributed by atoms with Gasteiger partial charge in [-0.2, -0.15) is 0 Å². The minimum Gasteiger partial charge on any atom is -0.545 e. The molecular formula is C6H9NaO4. The minimum atomic E-state index is -1.23. The normalized spacial score (nSPS) is 6.27. The van der Waals surface area contributed by atoms with Gasteiger partial charge in [-0.3, -0.25) is 4.79 Å². The van der Waals surface area contributed by atoms with Gasteiger partial charge in [0.15, 0.2) is 0 Å². The van der Waals surface area contributed by atoms with E-state index in [0.717, 1.165) is 6.08 Å². The molecule has 0 aromatic rings. The van der Waals surface area contributed by atoms with Crippen molar-refractivity contribution in [3.05, 3.63) is 12.7 Å².